The maximum Gasteiger partial charge on any atom is 0.324 e. The summed E-state index contributed by atoms with van der Waals surface area (Å²) in [5.41, 5.74) is 0. The molecule has 0 aromatic carbocycles. The Morgan fingerprint density at radius 2 is 2.35 bits per heavy atom. The van der Waals surface area contributed by atoms with Crippen molar-refractivity contribution in [3.63, 3.8) is 0 Å². The summed E-state index contributed by atoms with van der Waals surface area (Å²) < 4.78 is 0. The van der Waals surface area contributed by atoms with E-state index < -0.39 is 0 Å². The Morgan fingerprint density at radius 3 is 3.00 bits per heavy atom. The quantitative estimate of drug-likeness (QED) is 0.648. The third-order valence-electron chi connectivity index (χ3n) is 3.62. The molecule has 1 aromatic rings. The third-order valence-corrected chi connectivity index (χ3v) is 4.65. The first-order valence-electron chi connectivity index (χ1n) is 7.23. The fourth-order valence-corrected chi connectivity index (χ4v) is 3.50. The van der Waals surface area contributed by atoms with Gasteiger partial charge in [-0.2, -0.15) is 0 Å². The monoisotopic (exact) mass is 297 g/mol. The van der Waals surface area contributed by atoms with Crippen molar-refractivity contribution < 1.29 is 4.92 Å². The van der Waals surface area contributed by atoms with Crippen molar-refractivity contribution in [2.24, 2.45) is 5.92 Å². The Bertz CT molecular complexity index is 447. The van der Waals surface area contributed by atoms with Gasteiger partial charge in [-0.05, 0) is 37.9 Å². The fraction of sp³-hybridized carbons (Fsp3) is 0.714. The molecule has 20 heavy (non-hydrogen) atoms. The zero-order valence-corrected chi connectivity index (χ0v) is 13.0. The summed E-state index contributed by atoms with van der Waals surface area (Å²) in [5.74, 6) is 0.695. The number of nitrogens with one attached hydrogen (secondary N) is 1. The lowest BCUT2D eigenvalue weighted by molar-refractivity contribution is -0.380. The van der Waals surface area contributed by atoms with E-state index in [4.69, 9.17) is 0 Å². The van der Waals surface area contributed by atoms with Crippen LogP contribution >= 0.6 is 11.3 Å². The molecule has 2 rings (SSSR count). The molecule has 1 fully saturated rings. The first-order valence-corrected chi connectivity index (χ1v) is 8.05. The van der Waals surface area contributed by atoms with Gasteiger partial charge in [0.25, 0.3) is 0 Å². The van der Waals surface area contributed by atoms with Crippen molar-refractivity contribution in [2.75, 3.05) is 19.6 Å². The number of nitrogens with zero attached hydrogens (tertiary/aromatic N) is 2. The molecular weight excluding hydrogens is 274 g/mol. The highest BCUT2D eigenvalue weighted by Crippen LogP contribution is 2.26. The maximum atomic E-state index is 10.7. The smallest absolute Gasteiger partial charge is 0.314 e. The molecule has 0 radical (unpaired) electrons. The Labute approximate surface area is 124 Å². The number of rotatable bonds is 6. The number of hydrogen-bond donors (Lipinski definition) is 1. The highest BCUT2D eigenvalue weighted by Gasteiger charge is 2.21. The van der Waals surface area contributed by atoms with Gasteiger partial charge in [0.1, 0.15) is 0 Å². The van der Waals surface area contributed by atoms with E-state index in [1.165, 1.54) is 24.2 Å². The van der Waals surface area contributed by atoms with Crippen LogP contribution in [0.1, 0.15) is 31.6 Å². The van der Waals surface area contributed by atoms with Crippen LogP contribution in [0.15, 0.2) is 12.1 Å². The second-order valence-electron chi connectivity index (χ2n) is 5.80. The lowest BCUT2D eigenvalue weighted by Crippen LogP contribution is -2.40. The topological polar surface area (TPSA) is 58.4 Å². The van der Waals surface area contributed by atoms with Crippen molar-refractivity contribution in [2.45, 2.75) is 39.3 Å². The number of hydrogen-bond acceptors (Lipinski definition) is 5. The Morgan fingerprint density at radius 1 is 1.55 bits per heavy atom. The van der Waals surface area contributed by atoms with Gasteiger partial charge in [0.2, 0.25) is 0 Å². The predicted octanol–water partition coefficient (Wildman–Crippen LogP) is 2.87. The van der Waals surface area contributed by atoms with Crippen molar-refractivity contribution in [3.05, 3.63) is 27.1 Å². The molecule has 2 heterocycles. The summed E-state index contributed by atoms with van der Waals surface area (Å²) in [6, 6.07) is 4.03. The van der Waals surface area contributed by atoms with Gasteiger partial charge < -0.3 is 5.32 Å². The van der Waals surface area contributed by atoms with E-state index in [0.29, 0.717) is 12.0 Å². The van der Waals surface area contributed by atoms with E-state index in [0.717, 1.165) is 31.1 Å². The molecule has 0 saturated carbocycles. The minimum atomic E-state index is -0.306. The summed E-state index contributed by atoms with van der Waals surface area (Å²) in [5, 5.41) is 14.5. The highest BCUT2D eigenvalue weighted by atomic mass is 32.1. The van der Waals surface area contributed by atoms with E-state index in [1.807, 2.05) is 6.07 Å². The van der Waals surface area contributed by atoms with Crippen LogP contribution in [0.3, 0.4) is 0 Å². The van der Waals surface area contributed by atoms with Gasteiger partial charge in [0.15, 0.2) is 0 Å². The van der Waals surface area contributed by atoms with E-state index in [9.17, 15) is 10.1 Å². The van der Waals surface area contributed by atoms with Crippen LogP contribution in [0.4, 0.5) is 5.00 Å². The standard InChI is InChI=1S/C14H23N3O2S/c1-11(2)15-8-12-4-3-7-16(9-12)10-13-5-6-14(20-13)17(18)19/h5-6,11-12,15H,3-4,7-10H2,1-2H3. The molecule has 1 aromatic heterocycles. The number of nitro groups is 1. The number of piperidine rings is 1. The second-order valence-corrected chi connectivity index (χ2v) is 6.95. The molecule has 1 saturated heterocycles. The molecule has 6 heteroatoms. The maximum absolute atomic E-state index is 10.7. The van der Waals surface area contributed by atoms with Gasteiger partial charge in [0.05, 0.1) is 4.92 Å². The molecule has 1 atom stereocenters. The van der Waals surface area contributed by atoms with Gasteiger partial charge >= 0.3 is 5.00 Å². The molecule has 1 aliphatic heterocycles. The van der Waals surface area contributed by atoms with Gasteiger partial charge in [-0.25, -0.2) is 0 Å². The van der Waals surface area contributed by atoms with Gasteiger partial charge in [-0.15, -0.1) is 0 Å². The summed E-state index contributed by atoms with van der Waals surface area (Å²) in [7, 11) is 0. The summed E-state index contributed by atoms with van der Waals surface area (Å²) in [6.45, 7) is 8.45. The number of likely N-dealkylation sites (tertiary alicyclic amines) is 1. The van der Waals surface area contributed by atoms with Crippen molar-refractivity contribution in [1.29, 1.82) is 0 Å². The fourth-order valence-electron chi connectivity index (χ4n) is 2.63. The molecule has 0 bridgehead atoms. The second kappa shape index (κ2) is 7.15. The molecule has 1 aliphatic rings. The molecule has 0 aliphatic carbocycles. The first-order chi connectivity index (χ1) is 9.54. The molecule has 1 N–H and O–H groups in total. The van der Waals surface area contributed by atoms with E-state index in [1.54, 1.807) is 6.07 Å². The molecular formula is C14H23N3O2S. The minimum absolute atomic E-state index is 0.245. The largest absolute Gasteiger partial charge is 0.324 e. The lowest BCUT2D eigenvalue weighted by Gasteiger charge is -2.32. The van der Waals surface area contributed by atoms with Gasteiger partial charge in [-0.3, -0.25) is 15.0 Å². The third kappa shape index (κ3) is 4.54. The van der Waals surface area contributed by atoms with Crippen LogP contribution in [-0.2, 0) is 6.54 Å². The molecule has 0 spiro atoms. The summed E-state index contributed by atoms with van der Waals surface area (Å²) >= 11 is 1.30. The van der Waals surface area contributed by atoms with Gasteiger partial charge in [-0.1, -0.05) is 25.2 Å². The minimum Gasteiger partial charge on any atom is -0.314 e. The molecule has 5 nitrogen and oxygen atoms in total. The van der Waals surface area contributed by atoms with Crippen LogP contribution in [0.25, 0.3) is 0 Å². The molecule has 1 unspecified atom stereocenters. The zero-order chi connectivity index (χ0) is 14.5. The summed E-state index contributed by atoms with van der Waals surface area (Å²) in [4.78, 5) is 13.9. The van der Waals surface area contributed by atoms with E-state index >= 15 is 0 Å². The Kier molecular flexibility index (Phi) is 5.51. The summed E-state index contributed by atoms with van der Waals surface area (Å²) in [6.07, 6.45) is 2.50. The Balaban J connectivity index is 1.84. The van der Waals surface area contributed by atoms with Crippen LogP contribution in [-0.4, -0.2) is 35.5 Å². The predicted molar refractivity (Wildman–Crippen MR) is 82.1 cm³/mol. The lowest BCUT2D eigenvalue weighted by atomic mass is 9.97. The van der Waals surface area contributed by atoms with Crippen LogP contribution in [0.5, 0.6) is 0 Å². The SMILES string of the molecule is CC(C)NCC1CCCN(Cc2ccc([N+](=O)[O-])s2)C1. The van der Waals surface area contributed by atoms with E-state index in [2.05, 4.69) is 24.1 Å². The highest BCUT2D eigenvalue weighted by molar-refractivity contribution is 7.15. The average molecular weight is 297 g/mol. The van der Waals surface area contributed by atoms with Crippen molar-refractivity contribution >= 4 is 16.3 Å². The average Bonchev–Trinajstić information content (AvgIpc) is 2.85. The van der Waals surface area contributed by atoms with Crippen LogP contribution < -0.4 is 5.32 Å². The van der Waals surface area contributed by atoms with Gasteiger partial charge in [0, 0.05) is 30.1 Å². The zero-order valence-electron chi connectivity index (χ0n) is 12.2. The Hall–Kier alpha value is -0.980. The molecule has 112 valence electrons. The number of thiophene rings is 1. The van der Waals surface area contributed by atoms with Crippen LogP contribution in [0, 0.1) is 16.0 Å². The molecule has 0 amide bonds. The normalized spacial score (nSPS) is 20.4. The van der Waals surface area contributed by atoms with Crippen LogP contribution in [0.2, 0.25) is 0 Å². The van der Waals surface area contributed by atoms with Crippen molar-refractivity contribution in [1.82, 2.24) is 10.2 Å². The first kappa shape index (κ1) is 15.4. The van der Waals surface area contributed by atoms with Crippen molar-refractivity contribution in [3.8, 4) is 0 Å². The van der Waals surface area contributed by atoms with E-state index in [-0.39, 0.29) is 9.92 Å².